The lowest BCUT2D eigenvalue weighted by atomic mass is 10.2. The number of carbonyl (C=O) groups is 1. The Morgan fingerprint density at radius 3 is 2.50 bits per heavy atom. The Hall–Kier alpha value is -1.41. The lowest BCUT2D eigenvalue weighted by Gasteiger charge is -2.24. The van der Waals surface area contributed by atoms with E-state index < -0.39 is 26.8 Å². The van der Waals surface area contributed by atoms with Crippen molar-refractivity contribution in [1.29, 1.82) is 0 Å². The number of rotatable bonds is 2. The van der Waals surface area contributed by atoms with Crippen molar-refractivity contribution in [2.24, 2.45) is 0 Å². The van der Waals surface area contributed by atoms with E-state index in [0.29, 0.717) is 13.0 Å². The van der Waals surface area contributed by atoms with Crippen LogP contribution < -0.4 is 0 Å². The summed E-state index contributed by atoms with van der Waals surface area (Å²) in [5.41, 5.74) is -0.618. The normalized spacial score (nSPS) is 19.3. The summed E-state index contributed by atoms with van der Waals surface area (Å²) in [6.07, 6.45) is 2.29. The maximum Gasteiger partial charge on any atom is 0.410 e. The molecule has 0 radical (unpaired) electrons. The molecule has 1 fully saturated rings. The van der Waals surface area contributed by atoms with Crippen LogP contribution in [0.25, 0.3) is 0 Å². The molecule has 0 aliphatic carbocycles. The summed E-state index contributed by atoms with van der Waals surface area (Å²) in [7, 11) is -3.70. The van der Waals surface area contributed by atoms with Gasteiger partial charge >= 0.3 is 6.09 Å². The fourth-order valence-electron chi connectivity index (χ4n) is 2.07. The third-order valence-electron chi connectivity index (χ3n) is 3.09. The zero-order chi connectivity index (χ0) is 16.5. The first-order valence-corrected chi connectivity index (χ1v) is 8.71. The Bertz CT molecular complexity index is 655. The molecular formula is C13H18ClN3O4S. The van der Waals surface area contributed by atoms with Crippen molar-refractivity contribution in [2.45, 2.75) is 43.2 Å². The van der Waals surface area contributed by atoms with Gasteiger partial charge in [-0.15, -0.1) is 0 Å². The SMILES string of the molecule is CC(C)(C)OC(=O)N1CC[C@H](S(=O)(=O)c2ncc(Cl)cn2)C1. The van der Waals surface area contributed by atoms with Gasteiger partial charge in [-0.1, -0.05) is 11.6 Å². The van der Waals surface area contributed by atoms with Crippen LogP contribution in [0.4, 0.5) is 4.79 Å². The summed E-state index contributed by atoms with van der Waals surface area (Å²) in [6, 6.07) is 0. The van der Waals surface area contributed by atoms with Gasteiger partial charge in [0.15, 0.2) is 0 Å². The smallest absolute Gasteiger partial charge is 0.410 e. The Balaban J connectivity index is 2.09. The summed E-state index contributed by atoms with van der Waals surface area (Å²) in [5, 5.41) is -0.741. The molecule has 0 spiro atoms. The average molecular weight is 348 g/mol. The fraction of sp³-hybridized carbons (Fsp3) is 0.615. The molecule has 0 unspecified atom stereocenters. The minimum Gasteiger partial charge on any atom is -0.444 e. The second-order valence-corrected chi connectivity index (χ2v) is 8.62. The largest absolute Gasteiger partial charge is 0.444 e. The molecule has 1 aliphatic heterocycles. The highest BCUT2D eigenvalue weighted by Gasteiger charge is 2.39. The maximum atomic E-state index is 12.5. The van der Waals surface area contributed by atoms with E-state index in [1.54, 1.807) is 20.8 Å². The summed E-state index contributed by atoms with van der Waals surface area (Å²) < 4.78 is 30.2. The summed E-state index contributed by atoms with van der Waals surface area (Å²) in [5.74, 6) is 0. The van der Waals surface area contributed by atoms with Crippen LogP contribution in [0.1, 0.15) is 27.2 Å². The molecule has 1 aliphatic rings. The van der Waals surface area contributed by atoms with E-state index in [1.165, 1.54) is 17.3 Å². The zero-order valence-corrected chi connectivity index (χ0v) is 14.2. The third kappa shape index (κ3) is 3.86. The molecule has 0 N–H and O–H groups in total. The Kier molecular flexibility index (Phi) is 4.62. The van der Waals surface area contributed by atoms with Crippen LogP contribution in [0, 0.1) is 0 Å². The van der Waals surface area contributed by atoms with Gasteiger partial charge in [-0.05, 0) is 27.2 Å². The van der Waals surface area contributed by atoms with Crippen molar-refractivity contribution in [3.63, 3.8) is 0 Å². The van der Waals surface area contributed by atoms with Crippen LogP contribution in [0.15, 0.2) is 17.6 Å². The monoisotopic (exact) mass is 347 g/mol. The van der Waals surface area contributed by atoms with Crippen LogP contribution in [-0.2, 0) is 14.6 Å². The molecule has 22 heavy (non-hydrogen) atoms. The van der Waals surface area contributed by atoms with Crippen molar-refractivity contribution in [1.82, 2.24) is 14.9 Å². The van der Waals surface area contributed by atoms with E-state index in [4.69, 9.17) is 16.3 Å². The summed E-state index contributed by atoms with van der Waals surface area (Å²) in [6.45, 7) is 5.68. The molecule has 2 rings (SSSR count). The van der Waals surface area contributed by atoms with Crippen molar-refractivity contribution >= 4 is 27.5 Å². The second-order valence-electron chi connectivity index (χ2n) is 6.07. The number of amides is 1. The fourth-order valence-corrected chi connectivity index (χ4v) is 3.66. The number of hydrogen-bond acceptors (Lipinski definition) is 6. The van der Waals surface area contributed by atoms with Crippen LogP contribution >= 0.6 is 11.6 Å². The number of sulfone groups is 1. The minimum absolute atomic E-state index is 0.0727. The van der Waals surface area contributed by atoms with Crippen LogP contribution in [0.3, 0.4) is 0 Å². The first-order chi connectivity index (χ1) is 10.1. The van der Waals surface area contributed by atoms with Gasteiger partial charge in [-0.3, -0.25) is 0 Å². The molecule has 1 amide bonds. The molecule has 0 bridgehead atoms. The van der Waals surface area contributed by atoms with Crippen molar-refractivity contribution < 1.29 is 17.9 Å². The highest BCUT2D eigenvalue weighted by molar-refractivity contribution is 7.91. The van der Waals surface area contributed by atoms with Crippen LogP contribution in [0.2, 0.25) is 5.02 Å². The molecule has 1 aromatic heterocycles. The molecule has 9 heteroatoms. The summed E-state index contributed by atoms with van der Waals surface area (Å²) in [4.78, 5) is 20.9. The lowest BCUT2D eigenvalue weighted by Crippen LogP contribution is -2.36. The maximum absolute atomic E-state index is 12.5. The minimum atomic E-state index is -3.70. The number of likely N-dealkylation sites (tertiary alicyclic amines) is 1. The number of carbonyl (C=O) groups excluding carboxylic acids is 1. The van der Waals surface area contributed by atoms with Gasteiger partial charge in [0.25, 0.3) is 0 Å². The first kappa shape index (κ1) is 17.0. The highest BCUT2D eigenvalue weighted by Crippen LogP contribution is 2.23. The van der Waals surface area contributed by atoms with Gasteiger partial charge in [0.1, 0.15) is 5.60 Å². The van der Waals surface area contributed by atoms with Gasteiger partial charge < -0.3 is 9.64 Å². The quantitative estimate of drug-likeness (QED) is 0.759. The number of hydrogen-bond donors (Lipinski definition) is 0. The molecule has 2 heterocycles. The molecule has 1 atom stereocenters. The highest BCUT2D eigenvalue weighted by atomic mass is 35.5. The predicted octanol–water partition coefficient (Wildman–Crippen LogP) is 1.91. The van der Waals surface area contributed by atoms with Gasteiger partial charge in [0.2, 0.25) is 15.0 Å². The molecule has 0 saturated carbocycles. The third-order valence-corrected chi connectivity index (χ3v) is 5.26. The molecule has 122 valence electrons. The van der Waals surface area contributed by atoms with E-state index in [0.717, 1.165) is 0 Å². The zero-order valence-electron chi connectivity index (χ0n) is 12.6. The van der Waals surface area contributed by atoms with E-state index in [9.17, 15) is 13.2 Å². The standard InChI is InChI=1S/C13H18ClN3O4S/c1-13(2,3)21-12(18)17-5-4-10(8-17)22(19,20)11-15-6-9(14)7-16-11/h6-7,10H,4-5,8H2,1-3H3/t10-/m0/s1. The predicted molar refractivity (Wildman–Crippen MR) is 80.4 cm³/mol. The van der Waals surface area contributed by atoms with Gasteiger partial charge in [0, 0.05) is 13.1 Å². The van der Waals surface area contributed by atoms with Crippen molar-refractivity contribution in [3.8, 4) is 0 Å². The Labute approximate surface area is 134 Å². The number of halogens is 1. The van der Waals surface area contributed by atoms with E-state index >= 15 is 0 Å². The molecule has 7 nitrogen and oxygen atoms in total. The van der Waals surface area contributed by atoms with Gasteiger partial charge in [-0.25, -0.2) is 23.2 Å². The number of ether oxygens (including phenoxy) is 1. The van der Waals surface area contributed by atoms with Gasteiger partial charge in [0.05, 0.1) is 22.7 Å². The van der Waals surface area contributed by atoms with Crippen molar-refractivity contribution in [3.05, 3.63) is 17.4 Å². The average Bonchev–Trinajstić information content (AvgIpc) is 2.87. The molecular weight excluding hydrogens is 330 g/mol. The lowest BCUT2D eigenvalue weighted by molar-refractivity contribution is 0.0295. The Morgan fingerprint density at radius 1 is 1.36 bits per heavy atom. The van der Waals surface area contributed by atoms with Crippen LogP contribution in [-0.4, -0.2) is 53.3 Å². The van der Waals surface area contributed by atoms with E-state index in [2.05, 4.69) is 9.97 Å². The van der Waals surface area contributed by atoms with Crippen LogP contribution in [0.5, 0.6) is 0 Å². The molecule has 1 aromatic rings. The van der Waals surface area contributed by atoms with Crippen molar-refractivity contribution in [2.75, 3.05) is 13.1 Å². The van der Waals surface area contributed by atoms with E-state index in [-0.39, 0.29) is 16.7 Å². The van der Waals surface area contributed by atoms with E-state index in [1.807, 2.05) is 0 Å². The first-order valence-electron chi connectivity index (χ1n) is 6.79. The second kappa shape index (κ2) is 6.00. The van der Waals surface area contributed by atoms with Gasteiger partial charge in [-0.2, -0.15) is 0 Å². The topological polar surface area (TPSA) is 89.5 Å². The Morgan fingerprint density at radius 2 is 1.95 bits per heavy atom. The molecule has 0 aromatic carbocycles. The number of aromatic nitrogens is 2. The number of nitrogens with zero attached hydrogens (tertiary/aromatic N) is 3. The summed E-state index contributed by atoms with van der Waals surface area (Å²) >= 11 is 5.66. The molecule has 1 saturated heterocycles.